The largest absolute Gasteiger partial charge is 0.328 e. The van der Waals surface area contributed by atoms with Gasteiger partial charge in [0.25, 0.3) is 0 Å². The van der Waals surface area contributed by atoms with Crippen LogP contribution in [0.3, 0.4) is 0 Å². The average Bonchev–Trinajstić information content (AvgIpc) is 2.50. The van der Waals surface area contributed by atoms with Crippen LogP contribution in [-0.4, -0.2) is 10.5 Å². The van der Waals surface area contributed by atoms with Gasteiger partial charge in [0.1, 0.15) is 5.49 Å². The number of hydrogen-bond acceptors (Lipinski definition) is 1. The summed E-state index contributed by atoms with van der Waals surface area (Å²) in [5, 5.41) is 0. The first-order valence-corrected chi connectivity index (χ1v) is 7.39. The van der Waals surface area contributed by atoms with Crippen LogP contribution in [0.25, 0.3) is 0 Å². The third-order valence-electron chi connectivity index (χ3n) is 3.65. The summed E-state index contributed by atoms with van der Waals surface area (Å²) in [5.74, 6) is -0.0839. The molecule has 0 saturated carbocycles. The normalized spacial score (nSPS) is 13.2. The quantitative estimate of drug-likeness (QED) is 0.847. The van der Waals surface area contributed by atoms with Gasteiger partial charge in [0.15, 0.2) is 0 Å². The van der Waals surface area contributed by atoms with Gasteiger partial charge in [-0.2, -0.15) is 4.99 Å². The second-order valence-electron chi connectivity index (χ2n) is 5.43. The number of benzene rings is 1. The Morgan fingerprint density at radius 3 is 2.57 bits per heavy atom. The van der Waals surface area contributed by atoms with Gasteiger partial charge >= 0.3 is 0 Å². The zero-order chi connectivity index (χ0) is 15.2. The van der Waals surface area contributed by atoms with E-state index in [1.54, 1.807) is 0 Å². The maximum atomic E-state index is 12.0. The third-order valence-corrected chi connectivity index (χ3v) is 3.65. The van der Waals surface area contributed by atoms with Crippen molar-refractivity contribution in [2.45, 2.75) is 33.7 Å². The summed E-state index contributed by atoms with van der Waals surface area (Å²) in [6, 6.07) is 14.2. The van der Waals surface area contributed by atoms with E-state index in [1.165, 1.54) is 11.1 Å². The van der Waals surface area contributed by atoms with E-state index in [0.717, 1.165) is 6.42 Å². The summed E-state index contributed by atoms with van der Waals surface area (Å²) < 4.78 is 2.00. The molecule has 0 bridgehead atoms. The standard InChI is InChI=1S/C18H22N2O/c1-4-15(3)18(21)19-17-7-5-6-12-20(17)13-16-10-8-14(2)9-11-16/h5-12,15H,4,13H2,1-3H3. The maximum absolute atomic E-state index is 12.0. The number of pyridine rings is 1. The minimum Gasteiger partial charge on any atom is -0.328 e. The molecule has 1 heterocycles. The lowest BCUT2D eigenvalue weighted by atomic mass is 10.1. The Balaban J connectivity index is 2.30. The summed E-state index contributed by atoms with van der Waals surface area (Å²) >= 11 is 0. The number of rotatable bonds is 4. The van der Waals surface area contributed by atoms with Crippen molar-refractivity contribution >= 4 is 5.91 Å². The van der Waals surface area contributed by atoms with Gasteiger partial charge in [-0.1, -0.05) is 49.7 Å². The molecule has 2 aromatic rings. The van der Waals surface area contributed by atoms with Crippen LogP contribution in [-0.2, 0) is 11.3 Å². The molecule has 0 spiro atoms. The topological polar surface area (TPSA) is 34.4 Å². The Hall–Kier alpha value is -2.16. The summed E-state index contributed by atoms with van der Waals surface area (Å²) in [4.78, 5) is 16.3. The van der Waals surface area contributed by atoms with E-state index in [4.69, 9.17) is 0 Å². The smallest absolute Gasteiger partial charge is 0.250 e. The van der Waals surface area contributed by atoms with E-state index < -0.39 is 0 Å². The molecule has 0 saturated heterocycles. The van der Waals surface area contributed by atoms with E-state index in [1.807, 2.05) is 42.8 Å². The van der Waals surface area contributed by atoms with Crippen molar-refractivity contribution in [2.24, 2.45) is 10.9 Å². The lowest BCUT2D eigenvalue weighted by Crippen LogP contribution is -2.23. The minimum absolute atomic E-state index is 0.0296. The van der Waals surface area contributed by atoms with Gasteiger partial charge < -0.3 is 4.57 Å². The molecule has 1 aromatic heterocycles. The molecule has 110 valence electrons. The third kappa shape index (κ3) is 4.15. The number of nitrogens with zero attached hydrogens (tertiary/aromatic N) is 2. The molecule has 3 heteroatoms. The van der Waals surface area contributed by atoms with E-state index in [-0.39, 0.29) is 11.8 Å². The SMILES string of the molecule is CCC(C)C(=O)N=c1ccccn1Cc1ccc(C)cc1. The number of aryl methyl sites for hydroxylation is 1. The van der Waals surface area contributed by atoms with Crippen LogP contribution in [0.5, 0.6) is 0 Å². The van der Waals surface area contributed by atoms with Crippen molar-refractivity contribution in [3.8, 4) is 0 Å². The van der Waals surface area contributed by atoms with Crippen molar-refractivity contribution in [3.05, 3.63) is 65.3 Å². The highest BCUT2D eigenvalue weighted by Crippen LogP contribution is 2.05. The van der Waals surface area contributed by atoms with Crippen molar-refractivity contribution in [1.29, 1.82) is 0 Å². The Morgan fingerprint density at radius 2 is 1.90 bits per heavy atom. The molecule has 2 rings (SSSR count). The molecular weight excluding hydrogens is 260 g/mol. The number of amides is 1. The fourth-order valence-electron chi connectivity index (χ4n) is 1.99. The predicted octanol–water partition coefficient (Wildman–Crippen LogP) is 3.32. The van der Waals surface area contributed by atoms with Crippen molar-refractivity contribution in [2.75, 3.05) is 0 Å². The van der Waals surface area contributed by atoms with Crippen LogP contribution in [0.1, 0.15) is 31.4 Å². The first kappa shape index (κ1) is 15.2. The molecule has 0 N–H and O–H groups in total. The Morgan fingerprint density at radius 1 is 1.19 bits per heavy atom. The molecule has 0 aliphatic carbocycles. The van der Waals surface area contributed by atoms with E-state index in [9.17, 15) is 4.79 Å². The summed E-state index contributed by atoms with van der Waals surface area (Å²) in [6.45, 7) is 6.71. The maximum Gasteiger partial charge on any atom is 0.250 e. The van der Waals surface area contributed by atoms with Gasteiger partial charge in [0.2, 0.25) is 5.91 Å². The molecule has 21 heavy (non-hydrogen) atoms. The van der Waals surface area contributed by atoms with Gasteiger partial charge in [-0.15, -0.1) is 0 Å². The van der Waals surface area contributed by atoms with Gasteiger partial charge in [0.05, 0.1) is 0 Å². The van der Waals surface area contributed by atoms with Gasteiger partial charge in [-0.25, -0.2) is 0 Å². The summed E-state index contributed by atoms with van der Waals surface area (Å²) in [7, 11) is 0. The van der Waals surface area contributed by atoms with Crippen LogP contribution in [0.15, 0.2) is 53.7 Å². The highest BCUT2D eigenvalue weighted by Gasteiger charge is 2.08. The monoisotopic (exact) mass is 282 g/mol. The number of carbonyl (C=O) groups excluding carboxylic acids is 1. The fraction of sp³-hybridized carbons (Fsp3) is 0.333. The van der Waals surface area contributed by atoms with Crippen molar-refractivity contribution in [1.82, 2.24) is 4.57 Å². The molecule has 0 fully saturated rings. The molecule has 0 aliphatic rings. The lowest BCUT2D eigenvalue weighted by molar-refractivity contribution is -0.121. The van der Waals surface area contributed by atoms with Crippen LogP contribution >= 0.6 is 0 Å². The first-order valence-electron chi connectivity index (χ1n) is 7.39. The molecule has 0 aliphatic heterocycles. The fourth-order valence-corrected chi connectivity index (χ4v) is 1.99. The van der Waals surface area contributed by atoms with Gasteiger partial charge in [-0.3, -0.25) is 4.79 Å². The predicted molar refractivity (Wildman–Crippen MR) is 84.7 cm³/mol. The summed E-state index contributed by atoms with van der Waals surface area (Å²) in [5.41, 5.74) is 3.15. The minimum atomic E-state index is -0.0543. The molecule has 3 nitrogen and oxygen atoms in total. The number of aromatic nitrogens is 1. The van der Waals surface area contributed by atoms with E-state index in [0.29, 0.717) is 12.0 Å². The zero-order valence-corrected chi connectivity index (χ0v) is 12.9. The number of carbonyl (C=O) groups is 1. The van der Waals surface area contributed by atoms with Crippen LogP contribution in [0.4, 0.5) is 0 Å². The van der Waals surface area contributed by atoms with Crippen LogP contribution in [0.2, 0.25) is 0 Å². The Bertz CT molecular complexity index is 668. The van der Waals surface area contributed by atoms with Crippen LogP contribution < -0.4 is 5.49 Å². The second kappa shape index (κ2) is 7.02. The second-order valence-corrected chi connectivity index (χ2v) is 5.43. The highest BCUT2D eigenvalue weighted by molar-refractivity contribution is 5.79. The van der Waals surface area contributed by atoms with Gasteiger partial charge in [-0.05, 0) is 31.0 Å². The highest BCUT2D eigenvalue weighted by atomic mass is 16.1. The molecular formula is C18H22N2O. The zero-order valence-electron chi connectivity index (χ0n) is 12.9. The lowest BCUT2D eigenvalue weighted by Gasteiger charge is -2.08. The molecule has 0 radical (unpaired) electrons. The van der Waals surface area contributed by atoms with Gasteiger partial charge in [0, 0.05) is 18.7 Å². The van der Waals surface area contributed by atoms with Crippen LogP contribution in [0, 0.1) is 12.8 Å². The number of hydrogen-bond donors (Lipinski definition) is 0. The Kier molecular flexibility index (Phi) is 5.09. The molecule has 1 atom stereocenters. The first-order chi connectivity index (χ1) is 10.1. The van der Waals surface area contributed by atoms with E-state index >= 15 is 0 Å². The van der Waals surface area contributed by atoms with Crippen molar-refractivity contribution < 1.29 is 4.79 Å². The summed E-state index contributed by atoms with van der Waals surface area (Å²) in [6.07, 6.45) is 2.77. The van der Waals surface area contributed by atoms with Crippen molar-refractivity contribution in [3.63, 3.8) is 0 Å². The van der Waals surface area contributed by atoms with E-state index in [2.05, 4.69) is 36.2 Å². The Labute approximate surface area is 126 Å². The molecule has 1 amide bonds. The molecule has 1 unspecified atom stereocenters. The molecule has 1 aromatic carbocycles. The average molecular weight is 282 g/mol.